The third-order valence-corrected chi connectivity index (χ3v) is 4.58. The molecular formula is C14H16ClN3S. The molecule has 19 heavy (non-hydrogen) atoms. The Morgan fingerprint density at radius 1 is 1.47 bits per heavy atom. The standard InChI is InChI=1S/C14H16ClN3S/c1-18-7-6-16-14(18)19-13-8-11(15)3-2-10(13)9-17-12-4-5-12/h2-3,6-8,12,17H,4-5,9H2,1H3. The molecule has 1 aliphatic rings. The topological polar surface area (TPSA) is 29.9 Å². The molecule has 2 aromatic rings. The predicted octanol–water partition coefficient (Wildman–Crippen LogP) is 3.48. The van der Waals surface area contributed by atoms with Gasteiger partial charge in [0.1, 0.15) is 0 Å². The van der Waals surface area contributed by atoms with Crippen molar-refractivity contribution in [1.82, 2.24) is 14.9 Å². The maximum absolute atomic E-state index is 6.11. The normalized spacial score (nSPS) is 14.8. The van der Waals surface area contributed by atoms with Crippen LogP contribution in [0.25, 0.3) is 0 Å². The van der Waals surface area contributed by atoms with E-state index < -0.39 is 0 Å². The third-order valence-electron chi connectivity index (χ3n) is 3.17. The van der Waals surface area contributed by atoms with Gasteiger partial charge in [-0.15, -0.1) is 0 Å². The number of halogens is 1. The van der Waals surface area contributed by atoms with Crippen molar-refractivity contribution in [2.24, 2.45) is 7.05 Å². The van der Waals surface area contributed by atoms with Gasteiger partial charge in [0.15, 0.2) is 5.16 Å². The maximum Gasteiger partial charge on any atom is 0.172 e. The minimum absolute atomic E-state index is 0.710. The number of hydrogen-bond acceptors (Lipinski definition) is 3. The summed E-state index contributed by atoms with van der Waals surface area (Å²) in [6.07, 6.45) is 6.37. The Bertz CT molecular complexity index is 578. The van der Waals surface area contributed by atoms with Crippen LogP contribution in [0.3, 0.4) is 0 Å². The molecule has 3 nitrogen and oxygen atoms in total. The highest BCUT2D eigenvalue weighted by atomic mass is 35.5. The Morgan fingerprint density at radius 2 is 2.32 bits per heavy atom. The predicted molar refractivity (Wildman–Crippen MR) is 78.6 cm³/mol. The van der Waals surface area contributed by atoms with Crippen molar-refractivity contribution in [3.05, 3.63) is 41.2 Å². The molecule has 0 radical (unpaired) electrons. The van der Waals surface area contributed by atoms with E-state index in [0.29, 0.717) is 6.04 Å². The summed E-state index contributed by atoms with van der Waals surface area (Å²) in [5, 5.41) is 5.30. The van der Waals surface area contributed by atoms with Crippen LogP contribution in [0.1, 0.15) is 18.4 Å². The van der Waals surface area contributed by atoms with E-state index in [4.69, 9.17) is 11.6 Å². The molecule has 1 fully saturated rings. The second kappa shape index (κ2) is 5.57. The quantitative estimate of drug-likeness (QED) is 0.915. The first kappa shape index (κ1) is 13.0. The molecule has 0 unspecified atom stereocenters. The van der Waals surface area contributed by atoms with E-state index in [0.717, 1.165) is 16.7 Å². The molecule has 1 N–H and O–H groups in total. The monoisotopic (exact) mass is 293 g/mol. The number of nitrogens with one attached hydrogen (secondary N) is 1. The second-order valence-corrected chi connectivity index (χ2v) is 6.28. The Hall–Kier alpha value is -0.970. The van der Waals surface area contributed by atoms with Gasteiger partial charge in [0.25, 0.3) is 0 Å². The van der Waals surface area contributed by atoms with Crippen molar-refractivity contribution < 1.29 is 0 Å². The van der Waals surface area contributed by atoms with E-state index in [9.17, 15) is 0 Å². The molecule has 0 bridgehead atoms. The highest BCUT2D eigenvalue weighted by molar-refractivity contribution is 7.99. The maximum atomic E-state index is 6.11. The van der Waals surface area contributed by atoms with Crippen molar-refractivity contribution in [1.29, 1.82) is 0 Å². The molecule has 0 saturated heterocycles. The summed E-state index contributed by atoms with van der Waals surface area (Å²) in [6.45, 7) is 0.897. The Labute approximate surface area is 122 Å². The minimum Gasteiger partial charge on any atom is -0.329 e. The summed E-state index contributed by atoms with van der Waals surface area (Å²) in [5.74, 6) is 0. The third kappa shape index (κ3) is 3.32. The van der Waals surface area contributed by atoms with Crippen LogP contribution in [0, 0.1) is 0 Å². The number of nitrogens with zero attached hydrogens (tertiary/aromatic N) is 2. The van der Waals surface area contributed by atoms with Crippen LogP contribution in [-0.4, -0.2) is 15.6 Å². The first-order valence-electron chi connectivity index (χ1n) is 6.39. The van der Waals surface area contributed by atoms with Gasteiger partial charge in [-0.3, -0.25) is 0 Å². The van der Waals surface area contributed by atoms with Gasteiger partial charge in [-0.25, -0.2) is 4.98 Å². The lowest BCUT2D eigenvalue weighted by Crippen LogP contribution is -2.15. The fraction of sp³-hybridized carbons (Fsp3) is 0.357. The van der Waals surface area contributed by atoms with E-state index in [-0.39, 0.29) is 0 Å². The van der Waals surface area contributed by atoms with Gasteiger partial charge in [-0.2, -0.15) is 0 Å². The zero-order chi connectivity index (χ0) is 13.2. The summed E-state index contributed by atoms with van der Waals surface area (Å²) in [6, 6.07) is 6.78. The molecule has 1 saturated carbocycles. The van der Waals surface area contributed by atoms with Crippen LogP contribution in [0.2, 0.25) is 5.02 Å². The van der Waals surface area contributed by atoms with Gasteiger partial charge in [0.05, 0.1) is 0 Å². The van der Waals surface area contributed by atoms with Gasteiger partial charge in [0.2, 0.25) is 0 Å². The fourth-order valence-corrected chi connectivity index (χ4v) is 3.07. The molecule has 1 heterocycles. The van der Waals surface area contributed by atoms with Crippen LogP contribution < -0.4 is 5.32 Å². The molecular weight excluding hydrogens is 278 g/mol. The summed E-state index contributed by atoms with van der Waals surface area (Å²) in [7, 11) is 2.00. The zero-order valence-electron chi connectivity index (χ0n) is 10.8. The van der Waals surface area contributed by atoms with E-state index >= 15 is 0 Å². The average Bonchev–Trinajstić information content (AvgIpc) is 3.13. The van der Waals surface area contributed by atoms with Crippen molar-refractivity contribution in [2.75, 3.05) is 0 Å². The Balaban J connectivity index is 1.80. The first-order chi connectivity index (χ1) is 9.22. The molecule has 100 valence electrons. The van der Waals surface area contributed by atoms with E-state index in [1.54, 1.807) is 11.8 Å². The van der Waals surface area contributed by atoms with Gasteiger partial charge >= 0.3 is 0 Å². The largest absolute Gasteiger partial charge is 0.329 e. The fourth-order valence-electron chi connectivity index (χ4n) is 1.86. The van der Waals surface area contributed by atoms with Gasteiger partial charge in [-0.1, -0.05) is 29.4 Å². The highest BCUT2D eigenvalue weighted by Crippen LogP contribution is 2.32. The first-order valence-corrected chi connectivity index (χ1v) is 7.59. The number of aromatic nitrogens is 2. The highest BCUT2D eigenvalue weighted by Gasteiger charge is 2.20. The van der Waals surface area contributed by atoms with Gasteiger partial charge < -0.3 is 9.88 Å². The molecule has 1 aromatic carbocycles. The molecule has 1 aliphatic carbocycles. The summed E-state index contributed by atoms with van der Waals surface area (Å²) in [4.78, 5) is 5.53. The van der Waals surface area contributed by atoms with Crippen LogP contribution in [0.5, 0.6) is 0 Å². The summed E-state index contributed by atoms with van der Waals surface area (Å²) >= 11 is 7.77. The van der Waals surface area contributed by atoms with Crippen molar-refractivity contribution in [3.63, 3.8) is 0 Å². The van der Waals surface area contributed by atoms with E-state index in [1.807, 2.05) is 36.1 Å². The van der Waals surface area contributed by atoms with Crippen LogP contribution in [-0.2, 0) is 13.6 Å². The molecule has 0 amide bonds. The van der Waals surface area contributed by atoms with E-state index in [2.05, 4.69) is 16.4 Å². The van der Waals surface area contributed by atoms with Crippen LogP contribution in [0.15, 0.2) is 40.6 Å². The molecule has 0 spiro atoms. The molecule has 3 rings (SSSR count). The lowest BCUT2D eigenvalue weighted by Gasteiger charge is -2.10. The van der Waals surface area contributed by atoms with Crippen molar-refractivity contribution in [2.45, 2.75) is 35.5 Å². The Kier molecular flexibility index (Phi) is 3.82. The second-order valence-electron chi connectivity index (χ2n) is 4.83. The lowest BCUT2D eigenvalue weighted by atomic mass is 10.2. The van der Waals surface area contributed by atoms with Crippen LogP contribution in [0.4, 0.5) is 0 Å². The number of aryl methyl sites for hydroxylation is 1. The average molecular weight is 294 g/mol. The summed E-state index contributed by atoms with van der Waals surface area (Å²) in [5.41, 5.74) is 1.28. The number of rotatable bonds is 5. The zero-order valence-corrected chi connectivity index (χ0v) is 12.3. The number of benzene rings is 1. The van der Waals surface area contributed by atoms with Gasteiger partial charge in [-0.05, 0) is 30.5 Å². The van der Waals surface area contributed by atoms with Crippen molar-refractivity contribution >= 4 is 23.4 Å². The number of imidazole rings is 1. The molecule has 5 heteroatoms. The smallest absolute Gasteiger partial charge is 0.172 e. The lowest BCUT2D eigenvalue weighted by molar-refractivity contribution is 0.680. The number of hydrogen-bond donors (Lipinski definition) is 1. The van der Waals surface area contributed by atoms with E-state index in [1.165, 1.54) is 23.3 Å². The summed E-state index contributed by atoms with van der Waals surface area (Å²) < 4.78 is 2.02. The van der Waals surface area contributed by atoms with Crippen LogP contribution >= 0.6 is 23.4 Å². The molecule has 0 aliphatic heterocycles. The van der Waals surface area contributed by atoms with Gasteiger partial charge in [0, 0.05) is 41.9 Å². The minimum atomic E-state index is 0.710. The molecule has 0 atom stereocenters. The SMILES string of the molecule is Cn1ccnc1Sc1cc(Cl)ccc1CNC1CC1. The molecule has 1 aromatic heterocycles. The Morgan fingerprint density at radius 3 is 3.00 bits per heavy atom. The van der Waals surface area contributed by atoms with Crippen molar-refractivity contribution in [3.8, 4) is 0 Å².